The number of amides is 1. The third-order valence-corrected chi connectivity index (χ3v) is 3.71. The van der Waals surface area contributed by atoms with Crippen molar-refractivity contribution in [1.82, 2.24) is 15.2 Å². The fourth-order valence-electron chi connectivity index (χ4n) is 2.50. The van der Waals surface area contributed by atoms with E-state index in [0.29, 0.717) is 22.4 Å². The van der Waals surface area contributed by atoms with Crippen molar-refractivity contribution < 1.29 is 9.21 Å². The average Bonchev–Trinajstić information content (AvgIpc) is 3.17. The molecule has 2 aromatic heterocycles. The molecule has 2 heterocycles. The summed E-state index contributed by atoms with van der Waals surface area (Å²) in [6.45, 7) is 0. The molecule has 0 aliphatic heterocycles. The minimum absolute atomic E-state index is 0.0549. The number of fused-ring (bicyclic) bond motifs is 1. The van der Waals surface area contributed by atoms with Crippen LogP contribution in [0.2, 0.25) is 0 Å². The third kappa shape index (κ3) is 2.90. The highest BCUT2D eigenvalue weighted by atomic mass is 16.4. The SMILES string of the molecule is O=C(Nc1ccc(-c2cc3ccccc3oc2=O)cc1)c1nc[nH]n1. The summed E-state index contributed by atoms with van der Waals surface area (Å²) in [7, 11) is 0. The predicted molar refractivity (Wildman–Crippen MR) is 92.3 cm³/mol. The Morgan fingerprint density at radius 2 is 1.88 bits per heavy atom. The zero-order chi connectivity index (χ0) is 17.2. The lowest BCUT2D eigenvalue weighted by atomic mass is 10.1. The van der Waals surface area contributed by atoms with E-state index in [1.54, 1.807) is 36.4 Å². The molecule has 0 spiro atoms. The molecule has 2 N–H and O–H groups in total. The molecule has 1 amide bonds. The van der Waals surface area contributed by atoms with Crippen LogP contribution in [0.25, 0.3) is 22.1 Å². The van der Waals surface area contributed by atoms with Crippen LogP contribution in [0.4, 0.5) is 5.69 Å². The molecule has 0 saturated heterocycles. The van der Waals surface area contributed by atoms with E-state index in [1.807, 2.05) is 18.2 Å². The molecule has 2 aromatic carbocycles. The average molecular weight is 332 g/mol. The molecule has 0 atom stereocenters. The second-order valence-corrected chi connectivity index (χ2v) is 5.34. The van der Waals surface area contributed by atoms with Gasteiger partial charge in [-0.1, -0.05) is 30.3 Å². The topological polar surface area (TPSA) is 101 Å². The number of nitrogens with one attached hydrogen (secondary N) is 2. The molecule has 122 valence electrons. The van der Waals surface area contributed by atoms with E-state index in [-0.39, 0.29) is 5.82 Å². The van der Waals surface area contributed by atoms with E-state index in [2.05, 4.69) is 20.5 Å². The summed E-state index contributed by atoms with van der Waals surface area (Å²) in [5, 5.41) is 9.73. The Morgan fingerprint density at radius 1 is 1.08 bits per heavy atom. The van der Waals surface area contributed by atoms with Crippen LogP contribution in [0.1, 0.15) is 10.6 Å². The zero-order valence-corrected chi connectivity index (χ0v) is 12.9. The van der Waals surface area contributed by atoms with Gasteiger partial charge in [-0.15, -0.1) is 5.10 Å². The largest absolute Gasteiger partial charge is 0.422 e. The molecule has 4 aromatic rings. The van der Waals surface area contributed by atoms with Gasteiger partial charge in [0.2, 0.25) is 5.82 Å². The van der Waals surface area contributed by atoms with Crippen molar-refractivity contribution in [2.45, 2.75) is 0 Å². The highest BCUT2D eigenvalue weighted by Gasteiger charge is 2.11. The van der Waals surface area contributed by atoms with E-state index in [4.69, 9.17) is 4.42 Å². The number of benzene rings is 2. The Morgan fingerprint density at radius 3 is 2.64 bits per heavy atom. The van der Waals surface area contributed by atoms with Crippen LogP contribution in [-0.4, -0.2) is 21.1 Å². The maximum Gasteiger partial charge on any atom is 0.344 e. The van der Waals surface area contributed by atoms with Crippen molar-refractivity contribution in [3.8, 4) is 11.1 Å². The fraction of sp³-hybridized carbons (Fsp3) is 0. The second kappa shape index (κ2) is 6.04. The number of rotatable bonds is 3. The zero-order valence-electron chi connectivity index (χ0n) is 12.9. The molecule has 0 aliphatic carbocycles. The van der Waals surface area contributed by atoms with Gasteiger partial charge in [0.1, 0.15) is 11.9 Å². The van der Waals surface area contributed by atoms with Crippen LogP contribution in [0.5, 0.6) is 0 Å². The van der Waals surface area contributed by atoms with Crippen LogP contribution in [-0.2, 0) is 0 Å². The first-order valence-electron chi connectivity index (χ1n) is 7.51. The Balaban J connectivity index is 1.63. The first-order valence-corrected chi connectivity index (χ1v) is 7.51. The van der Waals surface area contributed by atoms with Crippen molar-refractivity contribution >= 4 is 22.6 Å². The molecule has 7 nitrogen and oxygen atoms in total. The number of nitrogens with zero attached hydrogens (tertiary/aromatic N) is 2. The molecule has 25 heavy (non-hydrogen) atoms. The Labute approximate surface area is 141 Å². The minimum atomic E-state index is -0.417. The quantitative estimate of drug-likeness (QED) is 0.562. The molecular formula is C18H12N4O3. The van der Waals surface area contributed by atoms with Crippen molar-refractivity contribution in [3.05, 3.63) is 77.2 Å². The lowest BCUT2D eigenvalue weighted by molar-refractivity contribution is 0.101. The van der Waals surface area contributed by atoms with Gasteiger partial charge in [0.25, 0.3) is 5.91 Å². The summed E-state index contributed by atoms with van der Waals surface area (Å²) in [5.74, 6) is -0.363. The second-order valence-electron chi connectivity index (χ2n) is 5.34. The number of carbonyl (C=O) groups is 1. The van der Waals surface area contributed by atoms with E-state index in [0.717, 1.165) is 5.39 Å². The van der Waals surface area contributed by atoms with Gasteiger partial charge in [-0.2, -0.15) is 0 Å². The Bertz CT molecular complexity index is 1100. The molecule has 0 aliphatic rings. The molecule has 0 fully saturated rings. The first kappa shape index (κ1) is 14.8. The van der Waals surface area contributed by atoms with Crippen LogP contribution in [0.3, 0.4) is 0 Å². The van der Waals surface area contributed by atoms with Gasteiger partial charge in [0.15, 0.2) is 0 Å². The van der Waals surface area contributed by atoms with Gasteiger partial charge in [-0.3, -0.25) is 9.89 Å². The number of hydrogen-bond donors (Lipinski definition) is 2. The van der Waals surface area contributed by atoms with Crippen LogP contribution in [0.15, 0.2) is 70.1 Å². The minimum Gasteiger partial charge on any atom is -0.422 e. The number of hydrogen-bond acceptors (Lipinski definition) is 5. The van der Waals surface area contributed by atoms with Gasteiger partial charge in [0.05, 0.1) is 5.56 Å². The van der Waals surface area contributed by atoms with Gasteiger partial charge >= 0.3 is 5.63 Å². The molecule has 0 bridgehead atoms. The molecular weight excluding hydrogens is 320 g/mol. The summed E-state index contributed by atoms with van der Waals surface area (Å²) in [6, 6.07) is 16.0. The number of aromatic nitrogens is 3. The number of H-pyrrole nitrogens is 1. The lowest BCUT2D eigenvalue weighted by Gasteiger charge is -2.05. The predicted octanol–water partition coefficient (Wildman–Crippen LogP) is 2.83. The van der Waals surface area contributed by atoms with Crippen molar-refractivity contribution in [3.63, 3.8) is 0 Å². The number of para-hydroxylation sites is 1. The number of carbonyl (C=O) groups excluding carboxylic acids is 1. The van der Waals surface area contributed by atoms with Crippen molar-refractivity contribution in [1.29, 1.82) is 0 Å². The Kier molecular flexibility index (Phi) is 3.59. The van der Waals surface area contributed by atoms with Crippen LogP contribution >= 0.6 is 0 Å². The normalized spacial score (nSPS) is 10.7. The maximum absolute atomic E-state index is 12.2. The van der Waals surface area contributed by atoms with Gasteiger partial charge in [-0.05, 0) is 29.8 Å². The summed E-state index contributed by atoms with van der Waals surface area (Å²) in [5.41, 5.74) is 1.88. The number of aromatic amines is 1. The molecule has 4 rings (SSSR count). The number of anilines is 1. The van der Waals surface area contributed by atoms with Crippen molar-refractivity contribution in [2.75, 3.05) is 5.32 Å². The highest BCUT2D eigenvalue weighted by Crippen LogP contribution is 2.22. The Hall–Kier alpha value is -3.74. The smallest absolute Gasteiger partial charge is 0.344 e. The van der Waals surface area contributed by atoms with Crippen LogP contribution < -0.4 is 10.9 Å². The van der Waals surface area contributed by atoms with Crippen molar-refractivity contribution in [2.24, 2.45) is 0 Å². The first-order chi connectivity index (χ1) is 12.2. The van der Waals surface area contributed by atoms with E-state index in [9.17, 15) is 9.59 Å². The molecule has 7 heteroatoms. The van der Waals surface area contributed by atoms with Crippen LogP contribution in [0, 0.1) is 0 Å². The van der Waals surface area contributed by atoms with Gasteiger partial charge < -0.3 is 9.73 Å². The summed E-state index contributed by atoms with van der Waals surface area (Å²) in [6.07, 6.45) is 1.33. The summed E-state index contributed by atoms with van der Waals surface area (Å²) >= 11 is 0. The van der Waals surface area contributed by atoms with Gasteiger partial charge in [0, 0.05) is 11.1 Å². The van der Waals surface area contributed by atoms with Gasteiger partial charge in [-0.25, -0.2) is 9.78 Å². The van der Waals surface area contributed by atoms with E-state index in [1.165, 1.54) is 6.33 Å². The monoisotopic (exact) mass is 332 g/mol. The summed E-state index contributed by atoms with van der Waals surface area (Å²) in [4.78, 5) is 27.9. The highest BCUT2D eigenvalue weighted by molar-refractivity contribution is 6.01. The van der Waals surface area contributed by atoms with E-state index >= 15 is 0 Å². The summed E-state index contributed by atoms with van der Waals surface area (Å²) < 4.78 is 5.35. The maximum atomic E-state index is 12.2. The lowest BCUT2D eigenvalue weighted by Crippen LogP contribution is -2.13. The standard InChI is InChI=1S/C18H12N4O3/c23-17(16-19-10-20-22-16)21-13-7-5-11(6-8-13)14-9-12-3-1-2-4-15(12)25-18(14)24/h1-10H,(H,21,23)(H,19,20,22). The van der Waals surface area contributed by atoms with E-state index < -0.39 is 11.5 Å². The molecule has 0 saturated carbocycles. The molecule has 0 unspecified atom stereocenters. The molecule has 0 radical (unpaired) electrons. The fourth-order valence-corrected chi connectivity index (χ4v) is 2.50. The third-order valence-electron chi connectivity index (χ3n) is 3.71.